The molecule has 0 bridgehead atoms. The van der Waals surface area contributed by atoms with E-state index in [2.05, 4.69) is 44.0 Å². The fourth-order valence-electron chi connectivity index (χ4n) is 5.09. The molecule has 1 aliphatic rings. The van der Waals surface area contributed by atoms with E-state index in [4.69, 9.17) is 14.2 Å². The summed E-state index contributed by atoms with van der Waals surface area (Å²) in [5.41, 5.74) is 5.67. The zero-order valence-corrected chi connectivity index (χ0v) is 22.6. The highest BCUT2D eigenvalue weighted by Gasteiger charge is 2.34. The van der Waals surface area contributed by atoms with Crippen LogP contribution in [0.1, 0.15) is 49.2 Å². The summed E-state index contributed by atoms with van der Waals surface area (Å²) in [5, 5.41) is 1.13. The summed E-state index contributed by atoms with van der Waals surface area (Å²) in [6.07, 6.45) is 0.754. The molecule has 0 spiro atoms. The van der Waals surface area contributed by atoms with E-state index >= 15 is 0 Å². The van der Waals surface area contributed by atoms with Gasteiger partial charge in [-0.1, -0.05) is 63.2 Å². The first-order chi connectivity index (χ1) is 18.3. The minimum atomic E-state index is -0.236. The molecule has 1 aliphatic heterocycles. The number of nitrogens with zero attached hydrogens (tertiary/aromatic N) is 1. The Hall–Kier alpha value is -3.77. The van der Waals surface area contributed by atoms with Crippen molar-refractivity contribution >= 4 is 16.8 Å². The van der Waals surface area contributed by atoms with Gasteiger partial charge in [0.2, 0.25) is 0 Å². The van der Waals surface area contributed by atoms with Crippen LogP contribution < -0.4 is 9.47 Å². The fraction of sp³-hybridized carbons (Fsp3) is 0.344. The van der Waals surface area contributed by atoms with Crippen LogP contribution in [0.15, 0.2) is 72.8 Å². The van der Waals surface area contributed by atoms with Gasteiger partial charge in [-0.3, -0.25) is 4.79 Å². The number of ether oxygens (including phenoxy) is 3. The molecule has 1 N–H and O–H groups in total. The van der Waals surface area contributed by atoms with E-state index in [1.165, 1.54) is 11.1 Å². The minimum absolute atomic E-state index is 0.0204. The van der Waals surface area contributed by atoms with E-state index in [0.717, 1.165) is 34.3 Å². The molecule has 0 saturated carbocycles. The van der Waals surface area contributed by atoms with E-state index in [-0.39, 0.29) is 24.0 Å². The van der Waals surface area contributed by atoms with Gasteiger partial charge in [0, 0.05) is 23.1 Å². The maximum atomic E-state index is 13.5. The van der Waals surface area contributed by atoms with Gasteiger partial charge in [-0.2, -0.15) is 0 Å². The molecule has 198 valence electrons. The first-order valence-electron chi connectivity index (χ1n) is 13.2. The molecular weight excluding hydrogens is 476 g/mol. The molecule has 5 rings (SSSR count). The van der Waals surface area contributed by atoms with Crippen molar-refractivity contribution in [2.24, 2.45) is 0 Å². The Kier molecular flexibility index (Phi) is 7.43. The number of carbonyl (C=O) groups is 1. The SMILES string of the molecule is COc1ccc2[nH]c3c(c2c1)CCN(C(=O)COc1ccc(C(C)(C)C)cc1)C3COCc1ccccc1. The highest BCUT2D eigenvalue weighted by Crippen LogP contribution is 2.36. The number of nitrogens with one attached hydrogen (secondary N) is 1. The maximum absolute atomic E-state index is 13.5. The zero-order chi connectivity index (χ0) is 26.7. The second-order valence-electron chi connectivity index (χ2n) is 10.8. The summed E-state index contributed by atoms with van der Waals surface area (Å²) in [5.74, 6) is 1.46. The number of aromatic amines is 1. The van der Waals surface area contributed by atoms with Crippen LogP contribution in [-0.4, -0.2) is 42.7 Å². The molecule has 0 fully saturated rings. The van der Waals surface area contributed by atoms with E-state index in [1.807, 2.05) is 59.5 Å². The molecule has 1 atom stereocenters. The monoisotopic (exact) mass is 512 g/mol. The third-order valence-electron chi connectivity index (χ3n) is 7.25. The Labute approximate surface area is 224 Å². The molecule has 6 nitrogen and oxygen atoms in total. The number of H-pyrrole nitrogens is 1. The zero-order valence-electron chi connectivity index (χ0n) is 22.6. The Morgan fingerprint density at radius 3 is 2.45 bits per heavy atom. The van der Waals surface area contributed by atoms with Crippen LogP contribution in [-0.2, 0) is 28.0 Å². The van der Waals surface area contributed by atoms with Gasteiger partial charge in [0.1, 0.15) is 11.5 Å². The van der Waals surface area contributed by atoms with Crippen LogP contribution in [0.2, 0.25) is 0 Å². The van der Waals surface area contributed by atoms with E-state index in [1.54, 1.807) is 7.11 Å². The topological polar surface area (TPSA) is 63.8 Å². The van der Waals surface area contributed by atoms with Crippen LogP contribution in [0, 0.1) is 0 Å². The first kappa shape index (κ1) is 25.9. The van der Waals surface area contributed by atoms with Crippen LogP contribution >= 0.6 is 0 Å². The second-order valence-corrected chi connectivity index (χ2v) is 10.8. The molecule has 6 heteroatoms. The quantitative estimate of drug-likeness (QED) is 0.306. The molecule has 2 heterocycles. The Balaban J connectivity index is 1.35. The highest BCUT2D eigenvalue weighted by atomic mass is 16.5. The molecule has 0 aliphatic carbocycles. The summed E-state index contributed by atoms with van der Waals surface area (Å²) in [6, 6.07) is 23.9. The third kappa shape index (κ3) is 5.55. The van der Waals surface area contributed by atoms with E-state index in [9.17, 15) is 4.79 Å². The molecule has 1 unspecified atom stereocenters. The fourth-order valence-corrected chi connectivity index (χ4v) is 5.09. The van der Waals surface area contributed by atoms with Crippen molar-refractivity contribution in [3.8, 4) is 11.5 Å². The summed E-state index contributed by atoms with van der Waals surface area (Å²) in [4.78, 5) is 18.9. The third-order valence-corrected chi connectivity index (χ3v) is 7.25. The van der Waals surface area contributed by atoms with Gasteiger partial charge in [-0.15, -0.1) is 0 Å². The van der Waals surface area contributed by atoms with Crippen LogP contribution in [0.4, 0.5) is 0 Å². The van der Waals surface area contributed by atoms with Gasteiger partial charge in [-0.25, -0.2) is 0 Å². The van der Waals surface area contributed by atoms with E-state index < -0.39 is 0 Å². The van der Waals surface area contributed by atoms with Gasteiger partial charge in [0.05, 0.1) is 26.4 Å². The molecular formula is C32H36N2O4. The molecule has 3 aromatic carbocycles. The van der Waals surface area contributed by atoms with Gasteiger partial charge in [0.25, 0.3) is 5.91 Å². The van der Waals surface area contributed by atoms with Gasteiger partial charge >= 0.3 is 0 Å². The predicted octanol–water partition coefficient (Wildman–Crippen LogP) is 6.20. The lowest BCUT2D eigenvalue weighted by Crippen LogP contribution is -2.44. The van der Waals surface area contributed by atoms with Crippen molar-refractivity contribution < 1.29 is 19.0 Å². The summed E-state index contributed by atoms with van der Waals surface area (Å²) in [6.45, 7) is 7.98. The number of aromatic nitrogens is 1. The Morgan fingerprint density at radius 2 is 1.74 bits per heavy atom. The molecule has 38 heavy (non-hydrogen) atoms. The average Bonchev–Trinajstić information content (AvgIpc) is 3.30. The normalized spacial score (nSPS) is 15.4. The number of hydrogen-bond acceptors (Lipinski definition) is 4. The molecule has 1 amide bonds. The van der Waals surface area contributed by atoms with Gasteiger partial charge in [-0.05, 0) is 58.9 Å². The number of amides is 1. The number of carbonyl (C=O) groups excluding carboxylic acids is 1. The van der Waals surface area contributed by atoms with Crippen molar-refractivity contribution in [3.63, 3.8) is 0 Å². The van der Waals surface area contributed by atoms with Crippen LogP contribution in [0.5, 0.6) is 11.5 Å². The van der Waals surface area contributed by atoms with E-state index in [0.29, 0.717) is 25.5 Å². The molecule has 1 aromatic heterocycles. The first-order valence-corrected chi connectivity index (χ1v) is 13.2. The molecule has 0 radical (unpaired) electrons. The van der Waals surface area contributed by atoms with Gasteiger partial charge in [0.15, 0.2) is 6.61 Å². The van der Waals surface area contributed by atoms with Gasteiger partial charge < -0.3 is 24.1 Å². The Morgan fingerprint density at radius 1 is 1.00 bits per heavy atom. The summed E-state index contributed by atoms with van der Waals surface area (Å²) >= 11 is 0. The number of fused-ring (bicyclic) bond motifs is 3. The summed E-state index contributed by atoms with van der Waals surface area (Å²) in [7, 11) is 1.68. The highest BCUT2D eigenvalue weighted by molar-refractivity contribution is 5.87. The lowest BCUT2D eigenvalue weighted by molar-refractivity contribution is -0.138. The number of hydrogen-bond donors (Lipinski definition) is 1. The van der Waals surface area contributed by atoms with Crippen molar-refractivity contribution in [3.05, 3.63) is 95.2 Å². The van der Waals surface area contributed by atoms with Crippen molar-refractivity contribution in [2.45, 2.75) is 45.3 Å². The smallest absolute Gasteiger partial charge is 0.261 e. The minimum Gasteiger partial charge on any atom is -0.497 e. The molecule has 0 saturated heterocycles. The summed E-state index contributed by atoms with van der Waals surface area (Å²) < 4.78 is 17.6. The predicted molar refractivity (Wildman–Crippen MR) is 150 cm³/mol. The second kappa shape index (κ2) is 10.9. The number of benzene rings is 3. The lowest BCUT2D eigenvalue weighted by Gasteiger charge is -2.35. The van der Waals surface area contributed by atoms with Crippen molar-refractivity contribution in [1.82, 2.24) is 9.88 Å². The van der Waals surface area contributed by atoms with Crippen molar-refractivity contribution in [1.29, 1.82) is 0 Å². The standard InChI is InChI=1S/C32H36N2O4/c1-32(2,3)23-10-12-24(13-11-23)38-21-30(35)34-17-16-26-27-18-25(36-4)14-15-28(27)33-31(26)29(34)20-37-19-22-8-6-5-7-9-22/h5-15,18,29,33H,16-17,19-21H2,1-4H3. The number of rotatable bonds is 8. The maximum Gasteiger partial charge on any atom is 0.261 e. The van der Waals surface area contributed by atoms with Crippen molar-refractivity contribution in [2.75, 3.05) is 26.9 Å². The molecule has 4 aromatic rings. The Bertz CT molecular complexity index is 1390. The largest absolute Gasteiger partial charge is 0.497 e. The number of methoxy groups -OCH3 is 1. The lowest BCUT2D eigenvalue weighted by atomic mass is 9.87. The average molecular weight is 513 g/mol. The van der Waals surface area contributed by atoms with Crippen LogP contribution in [0.3, 0.4) is 0 Å². The van der Waals surface area contributed by atoms with Crippen LogP contribution in [0.25, 0.3) is 10.9 Å².